The molecular formula is C22H19N5OS2. The summed E-state index contributed by atoms with van der Waals surface area (Å²) in [4.78, 5) is 14.7. The van der Waals surface area contributed by atoms with Gasteiger partial charge in [-0.1, -0.05) is 71.6 Å². The number of nitrogens with one attached hydrogen (secondary N) is 1. The van der Waals surface area contributed by atoms with Crippen LogP contribution >= 0.6 is 23.5 Å². The summed E-state index contributed by atoms with van der Waals surface area (Å²) in [5.74, 6) is 0.0934. The van der Waals surface area contributed by atoms with Crippen LogP contribution in [-0.4, -0.2) is 31.9 Å². The molecule has 4 rings (SSSR count). The van der Waals surface area contributed by atoms with Crippen molar-refractivity contribution in [3.63, 3.8) is 0 Å². The monoisotopic (exact) mass is 433 g/mol. The van der Waals surface area contributed by atoms with E-state index in [2.05, 4.69) is 20.8 Å². The van der Waals surface area contributed by atoms with Gasteiger partial charge in [0.25, 0.3) is 0 Å². The molecule has 150 valence electrons. The number of anilines is 1. The van der Waals surface area contributed by atoms with Gasteiger partial charge in [0.05, 0.1) is 17.1 Å². The van der Waals surface area contributed by atoms with Crippen LogP contribution in [0.2, 0.25) is 0 Å². The first kappa shape index (κ1) is 20.2. The van der Waals surface area contributed by atoms with Gasteiger partial charge in [0, 0.05) is 9.79 Å². The molecule has 0 unspecified atom stereocenters. The number of para-hydroxylation sites is 1. The van der Waals surface area contributed by atoms with Crippen molar-refractivity contribution in [1.29, 1.82) is 0 Å². The smallest absolute Gasteiger partial charge is 0.234 e. The number of hydrogen-bond acceptors (Lipinski definition) is 6. The second-order valence-electron chi connectivity index (χ2n) is 6.46. The topological polar surface area (TPSA) is 72.7 Å². The molecule has 1 aromatic heterocycles. The fourth-order valence-electron chi connectivity index (χ4n) is 2.71. The van der Waals surface area contributed by atoms with Crippen molar-refractivity contribution in [2.75, 3.05) is 11.1 Å². The Kier molecular flexibility index (Phi) is 6.46. The molecule has 0 radical (unpaired) electrons. The minimum Gasteiger partial charge on any atom is -0.324 e. The van der Waals surface area contributed by atoms with Crippen LogP contribution in [0.3, 0.4) is 0 Å². The van der Waals surface area contributed by atoms with Crippen LogP contribution in [0.1, 0.15) is 5.56 Å². The third-order valence-electron chi connectivity index (χ3n) is 4.18. The second-order valence-corrected chi connectivity index (χ2v) is 8.51. The Morgan fingerprint density at radius 3 is 2.50 bits per heavy atom. The van der Waals surface area contributed by atoms with Crippen LogP contribution in [0.5, 0.6) is 0 Å². The van der Waals surface area contributed by atoms with E-state index < -0.39 is 0 Å². The molecule has 3 aromatic carbocycles. The summed E-state index contributed by atoms with van der Waals surface area (Å²) in [6.45, 7) is 2.03. The van der Waals surface area contributed by atoms with Gasteiger partial charge in [-0.2, -0.15) is 4.68 Å². The van der Waals surface area contributed by atoms with Crippen LogP contribution in [0, 0.1) is 6.92 Å². The molecule has 0 atom stereocenters. The lowest BCUT2D eigenvalue weighted by Gasteiger charge is -2.10. The van der Waals surface area contributed by atoms with E-state index in [9.17, 15) is 4.79 Å². The highest BCUT2D eigenvalue weighted by Crippen LogP contribution is 2.33. The molecule has 0 spiro atoms. The van der Waals surface area contributed by atoms with Crippen molar-refractivity contribution in [3.05, 3.63) is 84.4 Å². The summed E-state index contributed by atoms with van der Waals surface area (Å²) in [5, 5.41) is 15.4. The van der Waals surface area contributed by atoms with Crippen molar-refractivity contribution in [2.45, 2.75) is 21.9 Å². The number of tetrazole rings is 1. The predicted octanol–water partition coefficient (Wildman–Crippen LogP) is 4.85. The van der Waals surface area contributed by atoms with Crippen LogP contribution in [0.25, 0.3) is 5.69 Å². The number of carbonyl (C=O) groups is 1. The van der Waals surface area contributed by atoms with Crippen LogP contribution in [0.15, 0.2) is 93.8 Å². The third-order valence-corrected chi connectivity index (χ3v) is 6.19. The first-order valence-corrected chi connectivity index (χ1v) is 11.1. The fourth-order valence-corrected chi connectivity index (χ4v) is 4.32. The number of thioether (sulfide) groups is 1. The van der Waals surface area contributed by atoms with Crippen molar-refractivity contribution in [1.82, 2.24) is 20.2 Å². The van der Waals surface area contributed by atoms with E-state index in [1.54, 1.807) is 16.4 Å². The summed E-state index contributed by atoms with van der Waals surface area (Å²) in [6, 6.07) is 25.8. The first-order valence-electron chi connectivity index (χ1n) is 9.29. The van der Waals surface area contributed by atoms with E-state index in [0.29, 0.717) is 5.16 Å². The molecule has 30 heavy (non-hydrogen) atoms. The lowest BCUT2D eigenvalue weighted by Crippen LogP contribution is -2.15. The molecule has 0 aliphatic carbocycles. The lowest BCUT2D eigenvalue weighted by atomic mass is 10.2. The Bertz CT molecular complexity index is 1130. The summed E-state index contributed by atoms with van der Waals surface area (Å²) in [6.07, 6.45) is 0. The Morgan fingerprint density at radius 1 is 0.967 bits per heavy atom. The minimum absolute atomic E-state index is 0.112. The van der Waals surface area contributed by atoms with Crippen LogP contribution in [-0.2, 0) is 4.79 Å². The van der Waals surface area contributed by atoms with Gasteiger partial charge in [-0.25, -0.2) is 0 Å². The molecule has 6 nitrogen and oxygen atoms in total. The maximum atomic E-state index is 12.6. The molecule has 1 heterocycles. The van der Waals surface area contributed by atoms with E-state index in [4.69, 9.17) is 0 Å². The molecule has 4 aromatic rings. The van der Waals surface area contributed by atoms with E-state index in [1.807, 2.05) is 85.8 Å². The van der Waals surface area contributed by atoms with Gasteiger partial charge >= 0.3 is 0 Å². The number of aromatic nitrogens is 4. The average Bonchev–Trinajstić information content (AvgIpc) is 3.24. The second kappa shape index (κ2) is 9.60. The molecule has 1 amide bonds. The number of carbonyl (C=O) groups excluding carboxylic acids is 1. The molecule has 8 heteroatoms. The van der Waals surface area contributed by atoms with E-state index in [0.717, 1.165) is 26.7 Å². The molecule has 0 saturated carbocycles. The summed E-state index contributed by atoms with van der Waals surface area (Å²) >= 11 is 2.91. The van der Waals surface area contributed by atoms with Crippen LogP contribution < -0.4 is 5.32 Å². The molecule has 0 fully saturated rings. The van der Waals surface area contributed by atoms with Crippen molar-refractivity contribution in [2.24, 2.45) is 0 Å². The Labute approximate surface area is 183 Å². The molecule has 1 N–H and O–H groups in total. The van der Waals surface area contributed by atoms with Crippen molar-refractivity contribution in [3.8, 4) is 5.69 Å². The highest BCUT2D eigenvalue weighted by molar-refractivity contribution is 8.00. The highest BCUT2D eigenvalue weighted by Gasteiger charge is 2.13. The molecule has 0 aliphatic heterocycles. The molecule has 0 bridgehead atoms. The number of hydrogen-bond donors (Lipinski definition) is 1. The Hall–Kier alpha value is -3.10. The number of amides is 1. The quantitative estimate of drug-likeness (QED) is 0.420. The van der Waals surface area contributed by atoms with Gasteiger partial charge in [0.2, 0.25) is 11.1 Å². The number of aryl methyl sites for hydroxylation is 1. The summed E-state index contributed by atoms with van der Waals surface area (Å²) in [5.41, 5.74) is 2.81. The van der Waals surface area contributed by atoms with Crippen molar-refractivity contribution >= 4 is 35.1 Å². The maximum Gasteiger partial charge on any atom is 0.234 e. The molecular weight excluding hydrogens is 414 g/mol. The maximum absolute atomic E-state index is 12.6. The van der Waals surface area contributed by atoms with Crippen molar-refractivity contribution < 1.29 is 4.79 Å². The van der Waals surface area contributed by atoms with E-state index in [-0.39, 0.29) is 11.7 Å². The normalized spacial score (nSPS) is 10.7. The van der Waals surface area contributed by atoms with E-state index in [1.165, 1.54) is 11.8 Å². The van der Waals surface area contributed by atoms with Gasteiger partial charge in [-0.15, -0.1) is 5.10 Å². The minimum atomic E-state index is -0.112. The standard InChI is InChI=1S/C22H19N5OS2/c1-16-11-13-17(14-12-16)27-22(24-25-26-27)29-15-21(28)23-19-9-5-6-10-20(19)30-18-7-3-2-4-8-18/h2-14H,15H2,1H3,(H,23,28). The summed E-state index contributed by atoms with van der Waals surface area (Å²) < 4.78 is 1.64. The van der Waals surface area contributed by atoms with E-state index >= 15 is 0 Å². The first-order chi connectivity index (χ1) is 14.7. The Balaban J connectivity index is 1.41. The lowest BCUT2D eigenvalue weighted by molar-refractivity contribution is -0.113. The predicted molar refractivity (Wildman–Crippen MR) is 120 cm³/mol. The Morgan fingerprint density at radius 2 is 1.70 bits per heavy atom. The molecule has 0 saturated heterocycles. The summed E-state index contributed by atoms with van der Waals surface area (Å²) in [7, 11) is 0. The van der Waals surface area contributed by atoms with Gasteiger partial charge in [0.1, 0.15) is 0 Å². The zero-order valence-corrected chi connectivity index (χ0v) is 17.9. The third kappa shape index (κ3) is 5.08. The van der Waals surface area contributed by atoms with Gasteiger partial charge in [-0.05, 0) is 53.7 Å². The zero-order valence-electron chi connectivity index (χ0n) is 16.2. The van der Waals surface area contributed by atoms with Gasteiger partial charge < -0.3 is 5.32 Å². The van der Waals surface area contributed by atoms with Crippen LogP contribution in [0.4, 0.5) is 5.69 Å². The SMILES string of the molecule is Cc1ccc(-n2nnnc2SCC(=O)Nc2ccccc2Sc2ccccc2)cc1. The highest BCUT2D eigenvalue weighted by atomic mass is 32.2. The van der Waals surface area contributed by atoms with Gasteiger partial charge in [-0.3, -0.25) is 4.79 Å². The van der Waals surface area contributed by atoms with Gasteiger partial charge in [0.15, 0.2) is 0 Å². The zero-order chi connectivity index (χ0) is 20.8. The largest absolute Gasteiger partial charge is 0.324 e. The number of benzene rings is 3. The fraction of sp³-hybridized carbons (Fsp3) is 0.0909. The average molecular weight is 434 g/mol. The number of nitrogens with zero attached hydrogens (tertiary/aromatic N) is 4. The number of rotatable bonds is 7. The molecule has 0 aliphatic rings.